The van der Waals surface area contributed by atoms with Crippen LogP contribution in [0, 0.1) is 17.8 Å². The van der Waals surface area contributed by atoms with Crippen LogP contribution >= 0.6 is 11.6 Å². The second-order valence-electron chi connectivity index (χ2n) is 7.63. The van der Waals surface area contributed by atoms with Gasteiger partial charge in [0.15, 0.2) is 0 Å². The molecule has 0 aliphatic heterocycles. The Morgan fingerprint density at radius 3 is 2.67 bits per heavy atom. The lowest BCUT2D eigenvalue weighted by atomic mass is 9.89. The van der Waals surface area contributed by atoms with E-state index >= 15 is 0 Å². The molecule has 1 unspecified atom stereocenters. The molecule has 2 atom stereocenters. The monoisotopic (exact) mass is 390 g/mol. The highest BCUT2D eigenvalue weighted by atomic mass is 35.5. The summed E-state index contributed by atoms with van der Waals surface area (Å²) in [5.41, 5.74) is 6.95. The van der Waals surface area contributed by atoms with Crippen molar-refractivity contribution in [1.29, 1.82) is 0 Å². The molecule has 8 nitrogen and oxygen atoms in total. The number of rotatable bonds is 7. The predicted octanol–water partition coefficient (Wildman–Crippen LogP) is 1.93. The normalized spacial score (nSPS) is 19.1. The van der Waals surface area contributed by atoms with Crippen LogP contribution in [-0.2, 0) is 4.79 Å². The van der Waals surface area contributed by atoms with Crippen molar-refractivity contribution in [3.8, 4) is 0 Å². The van der Waals surface area contributed by atoms with E-state index in [0.29, 0.717) is 23.1 Å². The summed E-state index contributed by atoms with van der Waals surface area (Å²) in [6.07, 6.45) is 7.97. The number of nitrogens with two attached hydrogens (primary N) is 1. The Kier molecular flexibility index (Phi) is 4.77. The second kappa shape index (κ2) is 7.09. The third-order valence-corrected chi connectivity index (χ3v) is 5.76. The third kappa shape index (κ3) is 3.91. The molecule has 1 amide bonds. The Labute approximate surface area is 161 Å². The summed E-state index contributed by atoms with van der Waals surface area (Å²) < 4.78 is 1.60. The average molecular weight is 391 g/mol. The van der Waals surface area contributed by atoms with Crippen molar-refractivity contribution in [3.05, 3.63) is 39.5 Å². The molecule has 0 saturated heterocycles. The number of amides is 1. The van der Waals surface area contributed by atoms with Crippen molar-refractivity contribution in [2.45, 2.75) is 44.7 Å². The van der Waals surface area contributed by atoms with E-state index in [2.05, 4.69) is 20.6 Å². The molecule has 2 aromatic heterocycles. The lowest BCUT2D eigenvalue weighted by Crippen LogP contribution is -2.43. The van der Waals surface area contributed by atoms with Crippen molar-refractivity contribution in [2.75, 3.05) is 5.32 Å². The number of carbonyl (C=O) groups excluding carboxylic acids is 1. The molecule has 9 heteroatoms. The van der Waals surface area contributed by atoms with E-state index < -0.39 is 6.04 Å². The summed E-state index contributed by atoms with van der Waals surface area (Å²) in [7, 11) is 0. The number of aromatic amines is 1. The maximum atomic E-state index is 12.6. The molecule has 144 valence electrons. The van der Waals surface area contributed by atoms with E-state index in [9.17, 15) is 9.59 Å². The van der Waals surface area contributed by atoms with Gasteiger partial charge in [-0.1, -0.05) is 11.6 Å². The summed E-state index contributed by atoms with van der Waals surface area (Å²) in [4.78, 5) is 24.6. The molecule has 2 aliphatic rings. The number of hydrogen-bond acceptors (Lipinski definition) is 5. The quantitative estimate of drug-likeness (QED) is 0.667. The molecular weight excluding hydrogens is 368 g/mol. The highest BCUT2D eigenvalue weighted by Crippen LogP contribution is 2.50. The van der Waals surface area contributed by atoms with Gasteiger partial charge in [-0.25, -0.2) is 5.10 Å². The van der Waals surface area contributed by atoms with Gasteiger partial charge in [0.25, 0.3) is 5.56 Å². The first-order chi connectivity index (χ1) is 12.9. The van der Waals surface area contributed by atoms with Crippen LogP contribution in [0.4, 0.5) is 5.69 Å². The zero-order valence-corrected chi connectivity index (χ0v) is 15.8. The van der Waals surface area contributed by atoms with Crippen LogP contribution in [0.3, 0.4) is 0 Å². The van der Waals surface area contributed by atoms with Gasteiger partial charge in [0.1, 0.15) is 5.15 Å². The average Bonchev–Trinajstić information content (AvgIpc) is 3.58. The van der Waals surface area contributed by atoms with Crippen molar-refractivity contribution in [2.24, 2.45) is 23.5 Å². The van der Waals surface area contributed by atoms with Gasteiger partial charge in [-0.15, -0.1) is 0 Å². The van der Waals surface area contributed by atoms with Crippen molar-refractivity contribution in [3.63, 3.8) is 0 Å². The smallest absolute Gasteiger partial charge is 0.269 e. The van der Waals surface area contributed by atoms with Gasteiger partial charge in [0, 0.05) is 11.8 Å². The first-order valence-corrected chi connectivity index (χ1v) is 9.67. The van der Waals surface area contributed by atoms with Crippen LogP contribution in [0.1, 0.15) is 44.2 Å². The zero-order chi connectivity index (χ0) is 19.1. The Morgan fingerprint density at radius 2 is 2.04 bits per heavy atom. The molecule has 0 radical (unpaired) electrons. The highest BCUT2D eigenvalue weighted by molar-refractivity contribution is 6.29. The number of aromatic nitrogens is 4. The summed E-state index contributed by atoms with van der Waals surface area (Å²) in [6, 6.07) is 0.656. The third-order valence-electron chi connectivity index (χ3n) is 5.57. The number of nitrogens with one attached hydrogen (secondary N) is 2. The number of hydrogen-bond donors (Lipinski definition) is 3. The molecule has 27 heavy (non-hydrogen) atoms. The molecule has 2 heterocycles. The predicted molar refractivity (Wildman–Crippen MR) is 101 cm³/mol. The van der Waals surface area contributed by atoms with Gasteiger partial charge < -0.3 is 11.1 Å². The molecule has 4 N–H and O–H groups in total. The SMILES string of the molecule is CC(c1cc(Cl)n[nH]c1=O)n1cc(NC(=O)[C@@H](N)C(C2CC2)C2CC2)cn1. The van der Waals surface area contributed by atoms with Gasteiger partial charge in [0.05, 0.1) is 24.0 Å². The zero-order valence-electron chi connectivity index (χ0n) is 15.1. The van der Waals surface area contributed by atoms with Crippen LogP contribution in [-0.4, -0.2) is 31.9 Å². The fourth-order valence-corrected chi connectivity index (χ4v) is 3.96. The van der Waals surface area contributed by atoms with Gasteiger partial charge >= 0.3 is 0 Å². The van der Waals surface area contributed by atoms with E-state index in [-0.39, 0.29) is 28.6 Å². The van der Waals surface area contributed by atoms with Crippen LogP contribution < -0.4 is 16.6 Å². The molecule has 2 fully saturated rings. The Balaban J connectivity index is 1.45. The Bertz CT molecular complexity index is 889. The van der Waals surface area contributed by atoms with Crippen LogP contribution in [0.5, 0.6) is 0 Å². The summed E-state index contributed by atoms with van der Waals surface area (Å²) in [5, 5.41) is 13.3. The van der Waals surface area contributed by atoms with Gasteiger partial charge in [-0.3, -0.25) is 14.3 Å². The number of nitrogens with zero attached hydrogens (tertiary/aromatic N) is 3. The van der Waals surface area contributed by atoms with Crippen molar-refractivity contribution >= 4 is 23.2 Å². The fourth-order valence-electron chi connectivity index (χ4n) is 3.80. The van der Waals surface area contributed by atoms with Crippen LogP contribution in [0.15, 0.2) is 23.3 Å². The minimum absolute atomic E-state index is 0.171. The van der Waals surface area contributed by atoms with Crippen molar-refractivity contribution < 1.29 is 4.79 Å². The number of anilines is 1. The Morgan fingerprint density at radius 1 is 1.37 bits per heavy atom. The molecule has 0 spiro atoms. The number of halogens is 1. The number of carbonyl (C=O) groups is 1. The largest absolute Gasteiger partial charge is 0.322 e. The van der Waals surface area contributed by atoms with E-state index in [1.54, 1.807) is 17.1 Å². The molecule has 0 aromatic carbocycles. The van der Waals surface area contributed by atoms with Gasteiger partial charge in [0.2, 0.25) is 5.91 Å². The molecule has 2 saturated carbocycles. The highest BCUT2D eigenvalue weighted by Gasteiger charge is 2.46. The topological polar surface area (TPSA) is 119 Å². The molecule has 0 bridgehead atoms. The van der Waals surface area contributed by atoms with Gasteiger partial charge in [-0.05, 0) is 56.4 Å². The van der Waals surface area contributed by atoms with Crippen molar-refractivity contribution in [1.82, 2.24) is 20.0 Å². The lowest BCUT2D eigenvalue weighted by Gasteiger charge is -2.22. The first kappa shape index (κ1) is 18.2. The second-order valence-corrected chi connectivity index (χ2v) is 8.01. The molecule has 2 aliphatic carbocycles. The summed E-state index contributed by atoms with van der Waals surface area (Å²) >= 11 is 5.87. The lowest BCUT2D eigenvalue weighted by molar-refractivity contribution is -0.118. The Hall–Kier alpha value is -2.19. The van der Waals surface area contributed by atoms with Crippen LogP contribution in [0.25, 0.3) is 0 Å². The maximum Gasteiger partial charge on any atom is 0.269 e. The number of H-pyrrole nitrogens is 1. The maximum absolute atomic E-state index is 12.6. The first-order valence-electron chi connectivity index (χ1n) is 9.29. The van der Waals surface area contributed by atoms with Crippen LogP contribution in [0.2, 0.25) is 5.15 Å². The minimum atomic E-state index is -0.493. The summed E-state index contributed by atoms with van der Waals surface area (Å²) in [5.74, 6) is 1.32. The molecular formula is C18H23ClN6O2. The fraction of sp³-hybridized carbons (Fsp3) is 0.556. The molecule has 4 rings (SSSR count). The van der Waals surface area contributed by atoms with Gasteiger partial charge in [-0.2, -0.15) is 10.2 Å². The van der Waals surface area contributed by atoms with E-state index in [0.717, 1.165) is 0 Å². The van der Waals surface area contributed by atoms with E-state index in [4.69, 9.17) is 17.3 Å². The standard InChI is InChI=1S/C18H23ClN6O2/c1-9(13-6-14(19)23-24-17(13)26)25-8-12(7-21-25)22-18(27)16(20)15(10-2-3-10)11-4-5-11/h6-11,15-16H,2-5,20H2,1H3,(H,22,27)(H,24,26)/t9?,16-/m0/s1. The summed E-state index contributed by atoms with van der Waals surface area (Å²) in [6.45, 7) is 1.82. The minimum Gasteiger partial charge on any atom is -0.322 e. The van der Waals surface area contributed by atoms with E-state index in [1.165, 1.54) is 31.7 Å². The van der Waals surface area contributed by atoms with E-state index in [1.807, 2.05) is 6.92 Å². The molecule has 2 aromatic rings.